The molecule has 2 heterocycles. The maximum absolute atomic E-state index is 4.43. The van der Waals surface area contributed by atoms with Crippen LogP contribution in [-0.4, -0.2) is 16.3 Å². The van der Waals surface area contributed by atoms with Crippen molar-refractivity contribution >= 4 is 0 Å². The predicted octanol–water partition coefficient (Wildman–Crippen LogP) is 2.36. The first-order valence-electron chi connectivity index (χ1n) is 6.21. The Hall–Kier alpha value is -1.61. The summed E-state index contributed by atoms with van der Waals surface area (Å²) in [7, 11) is 0. The van der Waals surface area contributed by atoms with Crippen LogP contribution in [0.4, 0.5) is 0 Å². The van der Waals surface area contributed by atoms with Crippen LogP contribution < -0.4 is 5.32 Å². The third-order valence-corrected chi connectivity index (χ3v) is 3.30. The minimum atomic E-state index is 0.513. The second-order valence-corrected chi connectivity index (χ2v) is 4.61. The van der Waals surface area contributed by atoms with E-state index in [1.54, 1.807) is 0 Å². The molecule has 0 spiro atoms. The van der Waals surface area contributed by atoms with Crippen molar-refractivity contribution < 1.29 is 0 Å². The molecule has 1 atom stereocenters. The molecule has 88 valence electrons. The monoisotopic (exact) mass is 227 g/mol. The summed E-state index contributed by atoms with van der Waals surface area (Å²) in [5.41, 5.74) is 2.61. The molecule has 1 aliphatic rings. The minimum absolute atomic E-state index is 0.513. The standard InChI is InChI=1S/C14H17N3/c1-2-5-12(6-3-1)10-17-11-13(9-16-17)14-7-4-8-15-14/h1-3,5-6,9,11,14-15H,4,7-8,10H2. The normalized spacial score (nSPS) is 19.6. The second kappa shape index (κ2) is 4.72. The molecule has 17 heavy (non-hydrogen) atoms. The van der Waals surface area contributed by atoms with Crippen LogP contribution in [0.1, 0.15) is 30.0 Å². The fraction of sp³-hybridized carbons (Fsp3) is 0.357. The molecule has 2 aromatic rings. The van der Waals surface area contributed by atoms with Crippen molar-refractivity contribution in [3.8, 4) is 0 Å². The summed E-state index contributed by atoms with van der Waals surface area (Å²) in [6.45, 7) is 1.99. The van der Waals surface area contributed by atoms with Gasteiger partial charge in [-0.25, -0.2) is 0 Å². The van der Waals surface area contributed by atoms with Crippen LogP contribution in [0, 0.1) is 0 Å². The first kappa shape index (κ1) is 10.5. The SMILES string of the molecule is c1ccc(Cn2cc(C3CCCN3)cn2)cc1. The average molecular weight is 227 g/mol. The molecule has 3 nitrogen and oxygen atoms in total. The summed E-state index contributed by atoms with van der Waals surface area (Å²) >= 11 is 0. The Kier molecular flexibility index (Phi) is 2.92. The molecule has 0 radical (unpaired) electrons. The van der Waals surface area contributed by atoms with Gasteiger partial charge in [-0.05, 0) is 24.9 Å². The summed E-state index contributed by atoms with van der Waals surface area (Å²) in [4.78, 5) is 0. The Balaban J connectivity index is 1.72. The number of benzene rings is 1. The van der Waals surface area contributed by atoms with Gasteiger partial charge < -0.3 is 5.32 Å². The number of aromatic nitrogens is 2. The van der Waals surface area contributed by atoms with Crippen LogP contribution in [0.2, 0.25) is 0 Å². The third-order valence-electron chi connectivity index (χ3n) is 3.30. The van der Waals surface area contributed by atoms with Crippen LogP contribution in [0.3, 0.4) is 0 Å². The Bertz CT molecular complexity index is 469. The van der Waals surface area contributed by atoms with E-state index in [2.05, 4.69) is 40.9 Å². The lowest BCUT2D eigenvalue weighted by Gasteiger charge is -2.06. The van der Waals surface area contributed by atoms with E-state index in [4.69, 9.17) is 0 Å². The van der Waals surface area contributed by atoms with Crippen LogP contribution in [0.15, 0.2) is 42.7 Å². The predicted molar refractivity (Wildman–Crippen MR) is 67.7 cm³/mol. The van der Waals surface area contributed by atoms with Crippen LogP contribution >= 0.6 is 0 Å². The molecule has 3 heteroatoms. The topological polar surface area (TPSA) is 29.9 Å². The van der Waals surface area contributed by atoms with Crippen molar-refractivity contribution in [2.75, 3.05) is 6.54 Å². The molecule has 1 saturated heterocycles. The summed E-state index contributed by atoms with van der Waals surface area (Å²) in [5, 5.41) is 7.93. The fourth-order valence-corrected chi connectivity index (χ4v) is 2.39. The van der Waals surface area contributed by atoms with E-state index < -0.39 is 0 Å². The van der Waals surface area contributed by atoms with Gasteiger partial charge in [0.25, 0.3) is 0 Å². The van der Waals surface area contributed by atoms with Crippen LogP contribution in [-0.2, 0) is 6.54 Å². The third kappa shape index (κ3) is 2.39. The van der Waals surface area contributed by atoms with Gasteiger partial charge in [0.1, 0.15) is 0 Å². The quantitative estimate of drug-likeness (QED) is 0.872. The molecule has 0 bridgehead atoms. The van der Waals surface area contributed by atoms with Crippen molar-refractivity contribution in [1.29, 1.82) is 0 Å². The van der Waals surface area contributed by atoms with Gasteiger partial charge in [-0.15, -0.1) is 0 Å². The number of nitrogens with one attached hydrogen (secondary N) is 1. The Labute approximate surface area is 101 Å². The van der Waals surface area contributed by atoms with Crippen LogP contribution in [0.5, 0.6) is 0 Å². The lowest BCUT2D eigenvalue weighted by molar-refractivity contribution is 0.642. The smallest absolute Gasteiger partial charge is 0.0659 e. The van der Waals surface area contributed by atoms with Crippen molar-refractivity contribution in [1.82, 2.24) is 15.1 Å². The zero-order chi connectivity index (χ0) is 11.5. The van der Waals surface area contributed by atoms with Gasteiger partial charge in [-0.2, -0.15) is 5.10 Å². The fourth-order valence-electron chi connectivity index (χ4n) is 2.39. The highest BCUT2D eigenvalue weighted by atomic mass is 15.3. The Morgan fingerprint density at radius 3 is 2.94 bits per heavy atom. The molecule has 3 rings (SSSR count). The van der Waals surface area contributed by atoms with E-state index in [0.29, 0.717) is 6.04 Å². The highest BCUT2D eigenvalue weighted by molar-refractivity contribution is 5.17. The average Bonchev–Trinajstić information content (AvgIpc) is 3.00. The molecule has 1 aromatic heterocycles. The van der Waals surface area contributed by atoms with Crippen molar-refractivity contribution in [2.45, 2.75) is 25.4 Å². The van der Waals surface area contributed by atoms with Crippen LogP contribution in [0.25, 0.3) is 0 Å². The van der Waals surface area contributed by atoms with Gasteiger partial charge in [0.05, 0.1) is 12.7 Å². The summed E-state index contributed by atoms with van der Waals surface area (Å²) in [6.07, 6.45) is 6.66. The molecule has 0 amide bonds. The largest absolute Gasteiger partial charge is 0.310 e. The van der Waals surface area contributed by atoms with E-state index in [1.165, 1.54) is 24.0 Å². The second-order valence-electron chi connectivity index (χ2n) is 4.61. The molecule has 1 fully saturated rings. The summed E-state index contributed by atoms with van der Waals surface area (Å²) in [6, 6.07) is 11.0. The van der Waals surface area contributed by atoms with Gasteiger partial charge in [0.15, 0.2) is 0 Å². The molecule has 1 aliphatic heterocycles. The number of hydrogen-bond donors (Lipinski definition) is 1. The summed E-state index contributed by atoms with van der Waals surface area (Å²) in [5.74, 6) is 0. The van der Waals surface area contributed by atoms with E-state index in [-0.39, 0.29) is 0 Å². The van der Waals surface area contributed by atoms with E-state index >= 15 is 0 Å². The molecular weight excluding hydrogens is 210 g/mol. The van der Waals surface area contributed by atoms with E-state index in [1.807, 2.05) is 16.9 Å². The first-order valence-corrected chi connectivity index (χ1v) is 6.21. The van der Waals surface area contributed by atoms with Gasteiger partial charge in [-0.3, -0.25) is 4.68 Å². The highest BCUT2D eigenvalue weighted by Gasteiger charge is 2.17. The van der Waals surface area contributed by atoms with Crippen molar-refractivity contribution in [2.24, 2.45) is 0 Å². The van der Waals surface area contributed by atoms with Crippen molar-refractivity contribution in [3.05, 3.63) is 53.9 Å². The molecule has 1 N–H and O–H groups in total. The highest BCUT2D eigenvalue weighted by Crippen LogP contribution is 2.22. The molecular formula is C14H17N3. The maximum Gasteiger partial charge on any atom is 0.0659 e. The minimum Gasteiger partial charge on any atom is -0.310 e. The summed E-state index contributed by atoms with van der Waals surface area (Å²) < 4.78 is 2.02. The number of hydrogen-bond acceptors (Lipinski definition) is 2. The van der Waals surface area contributed by atoms with Gasteiger partial charge >= 0.3 is 0 Å². The molecule has 1 unspecified atom stereocenters. The van der Waals surface area contributed by atoms with E-state index in [0.717, 1.165) is 13.1 Å². The first-order chi connectivity index (χ1) is 8.42. The maximum atomic E-state index is 4.43. The van der Waals surface area contributed by atoms with Gasteiger partial charge in [0.2, 0.25) is 0 Å². The zero-order valence-electron chi connectivity index (χ0n) is 9.84. The molecule has 0 aliphatic carbocycles. The lowest BCUT2D eigenvalue weighted by Crippen LogP contribution is -2.12. The number of rotatable bonds is 3. The van der Waals surface area contributed by atoms with E-state index in [9.17, 15) is 0 Å². The molecule has 1 aromatic carbocycles. The zero-order valence-corrected chi connectivity index (χ0v) is 9.84. The Morgan fingerprint density at radius 1 is 1.29 bits per heavy atom. The van der Waals surface area contributed by atoms with Gasteiger partial charge in [0, 0.05) is 17.8 Å². The molecule has 0 saturated carbocycles. The number of nitrogens with zero attached hydrogens (tertiary/aromatic N) is 2. The van der Waals surface area contributed by atoms with Gasteiger partial charge in [-0.1, -0.05) is 30.3 Å². The lowest BCUT2D eigenvalue weighted by atomic mass is 10.1. The van der Waals surface area contributed by atoms with Crippen molar-refractivity contribution in [3.63, 3.8) is 0 Å². The Morgan fingerprint density at radius 2 is 2.18 bits per heavy atom.